The third-order valence-corrected chi connectivity index (χ3v) is 4.63. The highest BCUT2D eigenvalue weighted by atomic mass is 16.5. The van der Waals surface area contributed by atoms with Gasteiger partial charge < -0.3 is 19.8 Å². The number of carbonyl (C=O) groups is 2. The summed E-state index contributed by atoms with van der Waals surface area (Å²) in [5, 5.41) is 14.9. The number of nitrogens with one attached hydrogen (secondary N) is 1. The molecule has 1 saturated carbocycles. The fraction of sp³-hybridized carbons (Fsp3) is 0.542. The fourth-order valence-corrected chi connectivity index (χ4v) is 3.19. The Kier molecular flexibility index (Phi) is 9.09. The first-order chi connectivity index (χ1) is 14.7. The van der Waals surface area contributed by atoms with Gasteiger partial charge in [0.25, 0.3) is 0 Å². The van der Waals surface area contributed by atoms with E-state index in [2.05, 4.69) is 49.1 Å². The first kappa shape index (κ1) is 24.4. The smallest absolute Gasteiger partial charge is 0.306 e. The summed E-state index contributed by atoms with van der Waals surface area (Å²) in [6.07, 6.45) is 1.98. The van der Waals surface area contributed by atoms with E-state index in [4.69, 9.17) is 9.63 Å². The summed E-state index contributed by atoms with van der Waals surface area (Å²) < 4.78 is 5.13. The molecule has 0 atom stereocenters. The second kappa shape index (κ2) is 11.5. The van der Waals surface area contributed by atoms with E-state index in [1.165, 1.54) is 0 Å². The molecule has 0 saturated heterocycles. The van der Waals surface area contributed by atoms with Crippen LogP contribution < -0.4 is 10.2 Å². The number of carbonyl (C=O) groups excluding carboxylic acids is 1. The van der Waals surface area contributed by atoms with Gasteiger partial charge >= 0.3 is 5.97 Å². The molecule has 0 spiro atoms. The lowest BCUT2D eigenvalue weighted by molar-refractivity contribution is -0.138. The normalized spacial score (nSPS) is 13.0. The van der Waals surface area contributed by atoms with Crippen LogP contribution in [0, 0.1) is 24.7 Å². The maximum Gasteiger partial charge on any atom is 0.306 e. The molecule has 1 aromatic carbocycles. The SMILES string of the molecule is Cc1cc(CC(=O)Nc2ccccc2N(CC(C)C)CC(C)C)on1.O=C(O)C1CC1. The summed E-state index contributed by atoms with van der Waals surface area (Å²) >= 11 is 0. The van der Waals surface area contributed by atoms with Gasteiger partial charge in [-0.1, -0.05) is 45.0 Å². The number of para-hydroxylation sites is 2. The Balaban J connectivity index is 0.000000488. The number of amides is 1. The molecule has 1 aliphatic carbocycles. The van der Waals surface area contributed by atoms with E-state index in [1.807, 2.05) is 25.1 Å². The Morgan fingerprint density at radius 2 is 1.77 bits per heavy atom. The monoisotopic (exact) mass is 429 g/mol. The van der Waals surface area contributed by atoms with Crippen molar-refractivity contribution in [1.82, 2.24) is 5.16 Å². The van der Waals surface area contributed by atoms with E-state index < -0.39 is 5.97 Å². The molecule has 7 nitrogen and oxygen atoms in total. The molecular formula is C24H35N3O4. The Morgan fingerprint density at radius 3 is 2.23 bits per heavy atom. The van der Waals surface area contributed by atoms with Gasteiger partial charge in [0.2, 0.25) is 5.91 Å². The van der Waals surface area contributed by atoms with Gasteiger partial charge in [-0.3, -0.25) is 9.59 Å². The van der Waals surface area contributed by atoms with Gasteiger partial charge in [0.1, 0.15) is 5.76 Å². The molecule has 2 aromatic rings. The highest BCUT2D eigenvalue weighted by Crippen LogP contribution is 2.28. The van der Waals surface area contributed by atoms with Gasteiger partial charge in [-0.25, -0.2) is 0 Å². The molecule has 2 N–H and O–H groups in total. The van der Waals surface area contributed by atoms with Crippen molar-refractivity contribution in [3.05, 3.63) is 41.8 Å². The van der Waals surface area contributed by atoms with E-state index in [1.54, 1.807) is 6.07 Å². The zero-order valence-corrected chi connectivity index (χ0v) is 19.2. The predicted molar refractivity (Wildman–Crippen MR) is 122 cm³/mol. The third kappa shape index (κ3) is 8.82. The molecule has 1 heterocycles. The van der Waals surface area contributed by atoms with Gasteiger partial charge in [-0.05, 0) is 43.7 Å². The van der Waals surface area contributed by atoms with E-state index in [0.717, 1.165) is 43.0 Å². The van der Waals surface area contributed by atoms with Crippen molar-refractivity contribution in [2.75, 3.05) is 23.3 Å². The maximum absolute atomic E-state index is 12.4. The number of hydrogen-bond acceptors (Lipinski definition) is 5. The Bertz CT molecular complexity index is 846. The molecule has 3 rings (SSSR count). The van der Waals surface area contributed by atoms with Crippen LogP contribution in [0.4, 0.5) is 11.4 Å². The van der Waals surface area contributed by atoms with E-state index in [-0.39, 0.29) is 18.2 Å². The number of aromatic nitrogens is 1. The molecule has 0 aliphatic heterocycles. The standard InChI is InChI=1S/C20H29N3O2.C4H6O2/c1-14(2)12-23(13-15(3)4)19-9-7-6-8-18(19)21-20(24)11-17-10-16(5)22-25-17;5-4(6)3-1-2-3/h6-10,14-15H,11-13H2,1-5H3,(H,21,24);3H,1-2H2,(H,5,6). The maximum atomic E-state index is 12.4. The van der Waals surface area contributed by atoms with Crippen LogP contribution in [0.1, 0.15) is 52.0 Å². The van der Waals surface area contributed by atoms with Crippen molar-refractivity contribution in [2.24, 2.45) is 17.8 Å². The van der Waals surface area contributed by atoms with Crippen LogP contribution >= 0.6 is 0 Å². The van der Waals surface area contributed by atoms with Crippen molar-refractivity contribution in [3.8, 4) is 0 Å². The Morgan fingerprint density at radius 1 is 1.16 bits per heavy atom. The Labute approximate surface area is 184 Å². The van der Waals surface area contributed by atoms with E-state index >= 15 is 0 Å². The topological polar surface area (TPSA) is 95.7 Å². The second-order valence-corrected chi connectivity index (χ2v) is 8.98. The number of carboxylic acids is 1. The number of aliphatic carboxylic acids is 1. The highest BCUT2D eigenvalue weighted by Gasteiger charge is 2.28. The minimum Gasteiger partial charge on any atom is -0.481 e. The lowest BCUT2D eigenvalue weighted by Crippen LogP contribution is -2.32. The lowest BCUT2D eigenvalue weighted by atomic mass is 10.1. The van der Waals surface area contributed by atoms with Gasteiger partial charge in [-0.15, -0.1) is 0 Å². The molecule has 1 fully saturated rings. The molecule has 31 heavy (non-hydrogen) atoms. The summed E-state index contributed by atoms with van der Waals surface area (Å²) in [5.74, 6) is 0.950. The Hall–Kier alpha value is -2.83. The largest absolute Gasteiger partial charge is 0.481 e. The average molecular weight is 430 g/mol. The zero-order chi connectivity index (χ0) is 23.0. The fourth-order valence-electron chi connectivity index (χ4n) is 3.19. The van der Waals surface area contributed by atoms with Crippen molar-refractivity contribution >= 4 is 23.3 Å². The molecule has 7 heteroatoms. The van der Waals surface area contributed by atoms with Crippen molar-refractivity contribution in [2.45, 2.75) is 53.9 Å². The van der Waals surface area contributed by atoms with Crippen molar-refractivity contribution < 1.29 is 19.2 Å². The van der Waals surface area contributed by atoms with E-state index in [9.17, 15) is 9.59 Å². The number of carboxylic acid groups (broad SMARTS) is 1. The van der Waals surface area contributed by atoms with E-state index in [0.29, 0.717) is 17.6 Å². The first-order valence-corrected chi connectivity index (χ1v) is 10.9. The van der Waals surface area contributed by atoms with Crippen molar-refractivity contribution in [1.29, 1.82) is 0 Å². The van der Waals surface area contributed by atoms with Gasteiger partial charge in [-0.2, -0.15) is 0 Å². The summed E-state index contributed by atoms with van der Waals surface area (Å²) in [4.78, 5) is 24.5. The first-order valence-electron chi connectivity index (χ1n) is 10.9. The number of aryl methyl sites for hydroxylation is 1. The number of benzene rings is 1. The molecule has 1 aromatic heterocycles. The van der Waals surface area contributed by atoms with Crippen LogP contribution in [-0.2, 0) is 16.0 Å². The quantitative estimate of drug-likeness (QED) is 0.596. The van der Waals surface area contributed by atoms with Crippen molar-refractivity contribution in [3.63, 3.8) is 0 Å². The van der Waals surface area contributed by atoms with Gasteiger partial charge in [0.05, 0.1) is 29.4 Å². The highest BCUT2D eigenvalue weighted by molar-refractivity contribution is 5.95. The summed E-state index contributed by atoms with van der Waals surface area (Å²) in [5.41, 5.74) is 2.68. The lowest BCUT2D eigenvalue weighted by Gasteiger charge is -2.30. The van der Waals surface area contributed by atoms with Crippen LogP contribution in [0.2, 0.25) is 0 Å². The van der Waals surface area contributed by atoms with Crippen LogP contribution in [-0.4, -0.2) is 35.2 Å². The summed E-state index contributed by atoms with van der Waals surface area (Å²) in [6.45, 7) is 12.6. The second-order valence-electron chi connectivity index (χ2n) is 8.98. The molecule has 1 amide bonds. The summed E-state index contributed by atoms with van der Waals surface area (Å²) in [6, 6.07) is 9.76. The minimum absolute atomic E-state index is 0.0185. The molecule has 0 radical (unpaired) electrons. The van der Waals surface area contributed by atoms with Crippen LogP contribution in [0.5, 0.6) is 0 Å². The number of anilines is 2. The minimum atomic E-state index is -0.630. The van der Waals surface area contributed by atoms with Crippen LogP contribution in [0.3, 0.4) is 0 Å². The number of nitrogens with zero attached hydrogens (tertiary/aromatic N) is 2. The predicted octanol–water partition coefficient (Wildman–Crippen LogP) is 4.76. The molecule has 0 unspecified atom stereocenters. The summed E-state index contributed by atoms with van der Waals surface area (Å²) in [7, 11) is 0. The number of rotatable bonds is 9. The molecule has 1 aliphatic rings. The van der Waals surface area contributed by atoms with Crippen LogP contribution in [0.15, 0.2) is 34.9 Å². The molecule has 0 bridgehead atoms. The van der Waals surface area contributed by atoms with Gasteiger partial charge in [0, 0.05) is 19.2 Å². The third-order valence-electron chi connectivity index (χ3n) is 4.63. The number of hydrogen-bond donors (Lipinski definition) is 2. The average Bonchev–Trinajstić information content (AvgIpc) is 3.45. The van der Waals surface area contributed by atoms with Crippen LogP contribution in [0.25, 0.3) is 0 Å². The van der Waals surface area contributed by atoms with Gasteiger partial charge in [0.15, 0.2) is 0 Å². The molecular weight excluding hydrogens is 394 g/mol. The molecule has 170 valence electrons. The zero-order valence-electron chi connectivity index (χ0n) is 19.2.